The first-order valence-electron chi connectivity index (χ1n) is 6.06. The second-order valence-electron chi connectivity index (χ2n) is 4.83. The Labute approximate surface area is 111 Å². The molecule has 1 aromatic carbocycles. The second-order valence-corrected chi connectivity index (χ2v) is 4.83. The molecule has 1 aromatic rings. The summed E-state index contributed by atoms with van der Waals surface area (Å²) in [5.74, 6) is 5.21. The average molecular weight is 262 g/mol. The van der Waals surface area contributed by atoms with E-state index >= 15 is 0 Å². The van der Waals surface area contributed by atoms with Gasteiger partial charge in [0.2, 0.25) is 11.8 Å². The fourth-order valence-corrected chi connectivity index (χ4v) is 2.17. The smallest absolute Gasteiger partial charge is 0.238 e. The summed E-state index contributed by atoms with van der Waals surface area (Å²) in [6, 6.07) is 5.20. The van der Waals surface area contributed by atoms with Gasteiger partial charge in [-0.15, -0.1) is 0 Å². The summed E-state index contributed by atoms with van der Waals surface area (Å²) in [5.41, 5.74) is 8.70. The minimum atomic E-state index is -0.412. The Hall–Kier alpha value is -1.92. The summed E-state index contributed by atoms with van der Waals surface area (Å²) in [6.45, 7) is 0. The number of amides is 2. The van der Waals surface area contributed by atoms with Crippen molar-refractivity contribution in [2.75, 3.05) is 19.0 Å². The molecular formula is C13H18N4O2. The van der Waals surface area contributed by atoms with Gasteiger partial charge in [-0.25, -0.2) is 5.84 Å². The van der Waals surface area contributed by atoms with Crippen molar-refractivity contribution in [2.24, 2.45) is 11.6 Å². The molecule has 0 saturated heterocycles. The van der Waals surface area contributed by atoms with Gasteiger partial charge in [-0.2, -0.15) is 0 Å². The Morgan fingerprint density at radius 2 is 2.21 bits per heavy atom. The number of hydrazine groups is 1. The normalized spacial score (nSPS) is 15.4. The van der Waals surface area contributed by atoms with Gasteiger partial charge in [0, 0.05) is 32.2 Å². The molecule has 2 rings (SSSR count). The van der Waals surface area contributed by atoms with Crippen LogP contribution in [0.25, 0.3) is 0 Å². The van der Waals surface area contributed by atoms with Crippen molar-refractivity contribution in [3.63, 3.8) is 0 Å². The van der Waals surface area contributed by atoms with E-state index in [0.717, 1.165) is 21.8 Å². The maximum Gasteiger partial charge on any atom is 0.238 e. The van der Waals surface area contributed by atoms with Gasteiger partial charge in [0.1, 0.15) is 0 Å². The number of rotatable bonds is 3. The molecule has 1 atom stereocenters. The zero-order chi connectivity index (χ0) is 14.2. The number of fused-ring (bicyclic) bond motifs is 1. The van der Waals surface area contributed by atoms with E-state index in [9.17, 15) is 9.59 Å². The molecule has 0 aliphatic carbocycles. The molecule has 0 radical (unpaired) electrons. The first-order valence-corrected chi connectivity index (χ1v) is 6.06. The molecule has 2 amide bonds. The maximum atomic E-state index is 11.6. The summed E-state index contributed by atoms with van der Waals surface area (Å²) in [4.78, 5) is 24.7. The molecule has 1 unspecified atom stereocenters. The largest absolute Gasteiger partial charge is 0.324 e. The Morgan fingerprint density at radius 3 is 2.84 bits per heavy atom. The minimum Gasteiger partial charge on any atom is -0.324 e. The van der Waals surface area contributed by atoms with E-state index in [1.165, 1.54) is 7.05 Å². The Morgan fingerprint density at radius 1 is 1.53 bits per heavy atom. The molecule has 0 aromatic heterocycles. The number of likely N-dealkylation sites (N-methyl/N-ethyl adjacent to an activating group) is 1. The first kappa shape index (κ1) is 13.5. The lowest BCUT2D eigenvalue weighted by Gasteiger charge is -2.16. The van der Waals surface area contributed by atoms with E-state index in [2.05, 4.69) is 0 Å². The monoisotopic (exact) mass is 262 g/mol. The molecular weight excluding hydrogens is 244 g/mol. The molecule has 0 bridgehead atoms. The third-order valence-electron chi connectivity index (χ3n) is 3.40. The van der Waals surface area contributed by atoms with Crippen LogP contribution in [-0.4, -0.2) is 30.9 Å². The Kier molecular flexibility index (Phi) is 3.55. The predicted octanol–water partition coefficient (Wildman–Crippen LogP) is -0.0725. The topological polar surface area (TPSA) is 92.7 Å². The highest BCUT2D eigenvalue weighted by Crippen LogP contribution is 2.30. The number of hydrogen-bond donors (Lipinski definition) is 2. The summed E-state index contributed by atoms with van der Waals surface area (Å²) >= 11 is 0. The molecule has 0 fully saturated rings. The fraction of sp³-hybridized carbons (Fsp3) is 0.385. The second kappa shape index (κ2) is 4.99. The molecule has 1 aliphatic rings. The van der Waals surface area contributed by atoms with Crippen LogP contribution in [0.1, 0.15) is 23.6 Å². The SMILES string of the molecule is CN(N)C(=O)CC(N)c1ccc2c(c1)CC(=O)N2C. The van der Waals surface area contributed by atoms with E-state index in [-0.39, 0.29) is 18.2 Å². The van der Waals surface area contributed by atoms with Crippen LogP contribution < -0.4 is 16.5 Å². The van der Waals surface area contributed by atoms with Crippen molar-refractivity contribution in [2.45, 2.75) is 18.9 Å². The van der Waals surface area contributed by atoms with Gasteiger partial charge in [0.25, 0.3) is 0 Å². The van der Waals surface area contributed by atoms with E-state index in [0.29, 0.717) is 6.42 Å². The fourth-order valence-electron chi connectivity index (χ4n) is 2.17. The number of carbonyl (C=O) groups excluding carboxylic acids is 2. The Bertz CT molecular complexity index is 527. The van der Waals surface area contributed by atoms with Crippen LogP contribution in [0.5, 0.6) is 0 Å². The van der Waals surface area contributed by atoms with Crippen molar-refractivity contribution in [1.29, 1.82) is 0 Å². The van der Waals surface area contributed by atoms with Crippen LogP contribution in [-0.2, 0) is 16.0 Å². The molecule has 0 spiro atoms. The quantitative estimate of drug-likeness (QED) is 0.453. The van der Waals surface area contributed by atoms with Gasteiger partial charge in [-0.3, -0.25) is 14.6 Å². The zero-order valence-corrected chi connectivity index (χ0v) is 11.1. The summed E-state index contributed by atoms with van der Waals surface area (Å²) in [5, 5.41) is 1.03. The van der Waals surface area contributed by atoms with Crippen molar-refractivity contribution in [1.82, 2.24) is 5.01 Å². The molecule has 1 heterocycles. The number of carbonyl (C=O) groups is 2. The molecule has 1 aliphatic heterocycles. The minimum absolute atomic E-state index is 0.0680. The van der Waals surface area contributed by atoms with Crippen molar-refractivity contribution < 1.29 is 9.59 Å². The van der Waals surface area contributed by atoms with Gasteiger partial charge in [-0.05, 0) is 17.2 Å². The van der Waals surface area contributed by atoms with Gasteiger partial charge in [-0.1, -0.05) is 12.1 Å². The van der Waals surface area contributed by atoms with Crippen LogP contribution in [0.3, 0.4) is 0 Å². The van der Waals surface area contributed by atoms with E-state index in [4.69, 9.17) is 11.6 Å². The van der Waals surface area contributed by atoms with Crippen LogP contribution in [0, 0.1) is 0 Å². The lowest BCUT2D eigenvalue weighted by molar-refractivity contribution is -0.130. The van der Waals surface area contributed by atoms with Crippen molar-refractivity contribution in [3.8, 4) is 0 Å². The van der Waals surface area contributed by atoms with E-state index in [1.807, 2.05) is 18.2 Å². The lowest BCUT2D eigenvalue weighted by Crippen LogP contribution is -2.35. The van der Waals surface area contributed by atoms with Crippen LogP contribution in [0.4, 0.5) is 5.69 Å². The van der Waals surface area contributed by atoms with Gasteiger partial charge < -0.3 is 10.6 Å². The lowest BCUT2D eigenvalue weighted by atomic mass is 10.0. The summed E-state index contributed by atoms with van der Waals surface area (Å²) in [7, 11) is 3.24. The highest BCUT2D eigenvalue weighted by Gasteiger charge is 2.25. The molecule has 6 heteroatoms. The number of benzene rings is 1. The van der Waals surface area contributed by atoms with E-state index in [1.54, 1.807) is 11.9 Å². The van der Waals surface area contributed by atoms with Crippen molar-refractivity contribution in [3.05, 3.63) is 29.3 Å². The average Bonchev–Trinajstić information content (AvgIpc) is 2.64. The molecule has 0 saturated carbocycles. The zero-order valence-electron chi connectivity index (χ0n) is 11.1. The van der Waals surface area contributed by atoms with E-state index < -0.39 is 6.04 Å². The third-order valence-corrected chi connectivity index (χ3v) is 3.40. The molecule has 4 N–H and O–H groups in total. The highest BCUT2D eigenvalue weighted by atomic mass is 16.2. The summed E-state index contributed by atoms with van der Waals surface area (Å²) < 4.78 is 0. The van der Waals surface area contributed by atoms with Crippen molar-refractivity contribution >= 4 is 17.5 Å². The van der Waals surface area contributed by atoms with Crippen LogP contribution in [0.15, 0.2) is 18.2 Å². The first-order chi connectivity index (χ1) is 8.90. The third kappa shape index (κ3) is 2.59. The summed E-state index contributed by atoms with van der Waals surface area (Å²) in [6.07, 6.45) is 0.534. The number of anilines is 1. The maximum absolute atomic E-state index is 11.6. The Balaban J connectivity index is 2.17. The molecule has 19 heavy (non-hydrogen) atoms. The molecule has 6 nitrogen and oxygen atoms in total. The van der Waals surface area contributed by atoms with Crippen LogP contribution >= 0.6 is 0 Å². The molecule has 102 valence electrons. The predicted molar refractivity (Wildman–Crippen MR) is 72.1 cm³/mol. The highest BCUT2D eigenvalue weighted by molar-refractivity contribution is 6.00. The van der Waals surface area contributed by atoms with Gasteiger partial charge >= 0.3 is 0 Å². The van der Waals surface area contributed by atoms with Crippen LogP contribution in [0.2, 0.25) is 0 Å². The number of nitrogens with zero attached hydrogens (tertiary/aromatic N) is 2. The standard InChI is InChI=1S/C13H18N4O2/c1-16-11-4-3-8(5-9(11)6-12(16)18)10(14)7-13(19)17(2)15/h3-5,10H,6-7,14-15H2,1-2H3. The van der Waals surface area contributed by atoms with Gasteiger partial charge in [0.15, 0.2) is 0 Å². The number of hydrogen-bond acceptors (Lipinski definition) is 4. The number of nitrogens with two attached hydrogens (primary N) is 2. The van der Waals surface area contributed by atoms with Gasteiger partial charge in [0.05, 0.1) is 6.42 Å².